The number of ether oxygens (including phenoxy) is 1. The number of aromatic nitrogens is 2. The van der Waals surface area contributed by atoms with Gasteiger partial charge in [0.2, 0.25) is 9.84 Å². The summed E-state index contributed by atoms with van der Waals surface area (Å²) in [7, 11) is -3.71. The van der Waals surface area contributed by atoms with E-state index in [1.165, 1.54) is 25.7 Å². The quantitative estimate of drug-likeness (QED) is 0.198. The van der Waals surface area contributed by atoms with Crippen molar-refractivity contribution in [3.8, 4) is 5.75 Å². The van der Waals surface area contributed by atoms with Crippen molar-refractivity contribution in [3.63, 3.8) is 0 Å². The summed E-state index contributed by atoms with van der Waals surface area (Å²) in [6.45, 7) is 12.3. The molecule has 0 saturated carbocycles. The first-order chi connectivity index (χ1) is 19.0. The number of aliphatic carboxylic acids is 2. The lowest BCUT2D eigenvalue weighted by molar-refractivity contribution is -0.159. The Morgan fingerprint density at radius 1 is 0.925 bits per heavy atom. The summed E-state index contributed by atoms with van der Waals surface area (Å²) in [6.07, 6.45) is 7.61. The van der Waals surface area contributed by atoms with Gasteiger partial charge in [-0.3, -0.25) is 0 Å². The average Bonchev–Trinajstić information content (AvgIpc) is 3.34. The van der Waals surface area contributed by atoms with E-state index in [9.17, 15) is 8.42 Å². The molecule has 2 heterocycles. The molecule has 2 N–H and O–H groups in total. The van der Waals surface area contributed by atoms with Crippen LogP contribution in [0.5, 0.6) is 5.75 Å². The van der Waals surface area contributed by atoms with Gasteiger partial charge in [-0.15, -0.1) is 0 Å². The van der Waals surface area contributed by atoms with Crippen molar-refractivity contribution < 1.29 is 33.0 Å². The Balaban J connectivity index is 0.000000840. The Morgan fingerprint density at radius 2 is 1.50 bits per heavy atom. The molecule has 1 aromatic carbocycles. The number of carboxylic acid groups (broad SMARTS) is 2. The minimum absolute atomic E-state index is 0.0125. The number of pyridine rings is 1. The molecule has 3 rings (SSSR count). The van der Waals surface area contributed by atoms with Crippen molar-refractivity contribution in [2.45, 2.75) is 75.5 Å². The molecule has 3 aromatic rings. The normalized spacial score (nSPS) is 11.4. The number of hydrogen-bond acceptors (Lipinski definition) is 7. The van der Waals surface area contributed by atoms with Crippen LogP contribution in [0.1, 0.15) is 71.4 Å². The molecular weight excluding hydrogens is 534 g/mol. The third-order valence-electron chi connectivity index (χ3n) is 6.20. The average molecular weight is 576 g/mol. The highest BCUT2D eigenvalue weighted by atomic mass is 32.2. The molecule has 2 aromatic heterocycles. The second kappa shape index (κ2) is 16.0. The molecule has 220 valence electrons. The van der Waals surface area contributed by atoms with Gasteiger partial charge >= 0.3 is 11.9 Å². The maximum atomic E-state index is 13.6. The molecule has 10 nitrogen and oxygen atoms in total. The zero-order valence-corrected chi connectivity index (χ0v) is 24.6. The Bertz CT molecular complexity index is 1320. The van der Waals surface area contributed by atoms with Crippen LogP contribution in [0.25, 0.3) is 5.52 Å². The van der Waals surface area contributed by atoms with Crippen LogP contribution in [-0.4, -0.2) is 71.3 Å². The van der Waals surface area contributed by atoms with Gasteiger partial charge in [0.25, 0.3) is 0 Å². The largest absolute Gasteiger partial charge is 0.494 e. The van der Waals surface area contributed by atoms with E-state index in [0.29, 0.717) is 23.6 Å². The van der Waals surface area contributed by atoms with E-state index in [0.717, 1.165) is 26.1 Å². The molecule has 0 radical (unpaired) electrons. The van der Waals surface area contributed by atoms with Crippen molar-refractivity contribution in [2.75, 3.05) is 26.2 Å². The van der Waals surface area contributed by atoms with Crippen LogP contribution in [0.4, 0.5) is 0 Å². The zero-order valence-electron chi connectivity index (χ0n) is 23.7. The van der Waals surface area contributed by atoms with Gasteiger partial charge in [0, 0.05) is 12.7 Å². The van der Waals surface area contributed by atoms with E-state index in [1.807, 2.05) is 26.0 Å². The Morgan fingerprint density at radius 3 is 2.02 bits per heavy atom. The van der Waals surface area contributed by atoms with Gasteiger partial charge in [-0.25, -0.2) is 22.5 Å². The lowest BCUT2D eigenvalue weighted by Gasteiger charge is -2.21. The Hall–Kier alpha value is -3.44. The van der Waals surface area contributed by atoms with Crippen LogP contribution in [0.15, 0.2) is 58.5 Å². The van der Waals surface area contributed by atoms with Crippen molar-refractivity contribution in [1.29, 1.82) is 0 Å². The van der Waals surface area contributed by atoms with Crippen LogP contribution < -0.4 is 4.74 Å². The lowest BCUT2D eigenvalue weighted by Crippen LogP contribution is -2.28. The van der Waals surface area contributed by atoms with Crippen molar-refractivity contribution >= 4 is 27.3 Å². The van der Waals surface area contributed by atoms with Crippen molar-refractivity contribution in [1.82, 2.24) is 14.5 Å². The molecule has 0 fully saturated rings. The van der Waals surface area contributed by atoms with E-state index in [1.54, 1.807) is 41.0 Å². The molecule has 0 aliphatic rings. The van der Waals surface area contributed by atoms with Crippen LogP contribution in [0.2, 0.25) is 0 Å². The van der Waals surface area contributed by atoms with E-state index in [-0.39, 0.29) is 15.7 Å². The number of benzene rings is 1. The fourth-order valence-corrected chi connectivity index (χ4v) is 5.78. The molecule has 0 spiro atoms. The van der Waals surface area contributed by atoms with Gasteiger partial charge in [0.1, 0.15) is 10.6 Å². The van der Waals surface area contributed by atoms with Crippen LogP contribution in [-0.2, 0) is 19.4 Å². The third kappa shape index (κ3) is 9.34. The number of carboxylic acids is 2. The van der Waals surface area contributed by atoms with Crippen molar-refractivity contribution in [3.05, 3.63) is 54.4 Å². The molecule has 0 bridgehead atoms. The molecular formula is C29H41N3O7S. The third-order valence-corrected chi connectivity index (χ3v) is 8.04. The molecule has 0 aliphatic carbocycles. The van der Waals surface area contributed by atoms with E-state index < -0.39 is 21.8 Å². The maximum Gasteiger partial charge on any atom is 0.414 e. The van der Waals surface area contributed by atoms with E-state index >= 15 is 0 Å². The second-order valence-electron chi connectivity index (χ2n) is 9.74. The van der Waals surface area contributed by atoms with Crippen LogP contribution in [0.3, 0.4) is 0 Å². The summed E-state index contributed by atoms with van der Waals surface area (Å²) in [6, 6.07) is 12.3. The van der Waals surface area contributed by atoms with E-state index in [2.05, 4.69) is 23.8 Å². The van der Waals surface area contributed by atoms with Gasteiger partial charge in [-0.2, -0.15) is 5.10 Å². The van der Waals surface area contributed by atoms with Gasteiger partial charge in [0.15, 0.2) is 0 Å². The number of hydrogen-bond donors (Lipinski definition) is 2. The predicted octanol–water partition coefficient (Wildman–Crippen LogP) is 5.12. The molecule has 40 heavy (non-hydrogen) atoms. The van der Waals surface area contributed by atoms with Gasteiger partial charge in [-0.05, 0) is 74.7 Å². The topological polar surface area (TPSA) is 139 Å². The highest BCUT2D eigenvalue weighted by molar-refractivity contribution is 7.91. The number of unbranched alkanes of at least 4 members (excludes halogenated alkanes) is 2. The van der Waals surface area contributed by atoms with Crippen molar-refractivity contribution in [2.24, 2.45) is 0 Å². The molecule has 0 atom stereocenters. The van der Waals surface area contributed by atoms with Gasteiger partial charge in [0.05, 0.1) is 22.7 Å². The molecule has 0 aliphatic heterocycles. The fraction of sp³-hybridized carbons (Fsp3) is 0.483. The summed E-state index contributed by atoms with van der Waals surface area (Å²) < 4.78 is 34.7. The summed E-state index contributed by atoms with van der Waals surface area (Å²) >= 11 is 0. The minimum atomic E-state index is -3.71. The first-order valence-electron chi connectivity index (χ1n) is 13.7. The Labute approximate surface area is 236 Å². The highest BCUT2D eigenvalue weighted by Gasteiger charge is 2.28. The molecule has 0 amide bonds. The maximum absolute atomic E-state index is 13.6. The predicted molar refractivity (Wildman–Crippen MR) is 153 cm³/mol. The highest BCUT2D eigenvalue weighted by Crippen LogP contribution is 2.32. The standard InChI is InChI=1S/C27H39N3O3S.C2H2O4/c1-5-7-17-29(18-8-6-2)19-11-21-33-23-13-15-24(16-14-23)34(31,32)27-25-12-9-10-20-30(25)28-26(27)22(3)4;3-1(4)2(5)6/h9-10,12-16,20,22H,5-8,11,17-19,21H2,1-4H3;(H,3,4)(H,5,6). The van der Waals surface area contributed by atoms with Crippen LogP contribution >= 0.6 is 0 Å². The Kier molecular flexibility index (Phi) is 13.1. The summed E-state index contributed by atoms with van der Waals surface area (Å²) in [4.78, 5) is 21.3. The summed E-state index contributed by atoms with van der Waals surface area (Å²) in [5.74, 6) is -2.97. The first kappa shape index (κ1) is 32.8. The summed E-state index contributed by atoms with van der Waals surface area (Å²) in [5, 5.41) is 19.3. The lowest BCUT2D eigenvalue weighted by atomic mass is 10.1. The first-order valence-corrected chi connectivity index (χ1v) is 15.1. The van der Waals surface area contributed by atoms with Gasteiger partial charge in [-0.1, -0.05) is 46.6 Å². The monoisotopic (exact) mass is 575 g/mol. The fourth-order valence-electron chi connectivity index (χ4n) is 4.06. The molecule has 0 saturated heterocycles. The number of carbonyl (C=O) groups is 2. The van der Waals surface area contributed by atoms with Gasteiger partial charge < -0.3 is 19.8 Å². The summed E-state index contributed by atoms with van der Waals surface area (Å²) in [5.41, 5.74) is 1.18. The SMILES string of the molecule is CCCCN(CCCC)CCCOc1ccc(S(=O)(=O)c2c(C(C)C)nn3ccccc23)cc1.O=C(O)C(=O)O. The van der Waals surface area contributed by atoms with Crippen LogP contribution in [0, 0.1) is 0 Å². The second-order valence-corrected chi connectivity index (χ2v) is 11.6. The number of fused-ring (bicyclic) bond motifs is 1. The molecule has 11 heteroatoms. The zero-order chi connectivity index (χ0) is 29.7. The number of nitrogens with zero attached hydrogens (tertiary/aromatic N) is 3. The molecule has 0 unspecified atom stereocenters. The minimum Gasteiger partial charge on any atom is -0.494 e. The smallest absolute Gasteiger partial charge is 0.414 e. The number of rotatable bonds is 14. The van der Waals surface area contributed by atoms with E-state index in [4.69, 9.17) is 24.5 Å². The number of sulfone groups is 1.